The highest BCUT2D eigenvalue weighted by Gasteiger charge is 2.51. The Morgan fingerprint density at radius 2 is 1.81 bits per heavy atom. The Morgan fingerprint density at radius 3 is 2.63 bits per heavy atom. The van der Waals surface area contributed by atoms with Crippen LogP contribution in [-0.4, -0.2) is 82.8 Å². The number of aromatic amines is 2. The molecule has 23 heteroatoms. The maximum absolute atomic E-state index is 15.7. The zero-order chi connectivity index (χ0) is 30.0. The van der Waals surface area contributed by atoms with E-state index in [-0.39, 0.29) is 34.7 Å². The molecule has 3 saturated heterocycles. The van der Waals surface area contributed by atoms with Gasteiger partial charge in [-0.2, -0.15) is 4.98 Å². The largest absolute Gasteiger partial charge is 0.386 e. The molecular weight excluding hydrogens is 639 g/mol. The first-order valence-corrected chi connectivity index (χ1v) is 16.6. The van der Waals surface area contributed by atoms with Crippen LogP contribution in [0.15, 0.2) is 28.6 Å². The van der Waals surface area contributed by atoms with Gasteiger partial charge in [0.05, 0.1) is 38.3 Å². The van der Waals surface area contributed by atoms with E-state index in [0.29, 0.717) is 0 Å². The molecule has 0 aliphatic carbocycles. The molecule has 4 N–H and O–H groups in total. The Balaban J connectivity index is 1.17. The Hall–Kier alpha value is -3.00. The molecule has 4 aromatic heterocycles. The third-order valence-corrected chi connectivity index (χ3v) is 9.63. The molecule has 3 aliphatic heterocycles. The molecule has 19 nitrogen and oxygen atoms in total. The first-order chi connectivity index (χ1) is 20.6. The number of fused-ring (bicyclic) bond motifs is 5. The summed E-state index contributed by atoms with van der Waals surface area (Å²) in [5.74, 6) is -0.233. The van der Waals surface area contributed by atoms with Crippen molar-refractivity contribution < 1.29 is 41.1 Å². The van der Waals surface area contributed by atoms with Crippen molar-refractivity contribution in [1.82, 2.24) is 39.0 Å². The number of hydrogen-bond acceptors (Lipinski definition) is 15. The minimum Gasteiger partial charge on any atom is -0.369 e. The molecule has 7 heterocycles. The van der Waals surface area contributed by atoms with Gasteiger partial charge in [-0.15, -0.1) is 0 Å². The smallest absolute Gasteiger partial charge is 0.369 e. The van der Waals surface area contributed by atoms with Crippen LogP contribution in [0.2, 0.25) is 0 Å². The van der Waals surface area contributed by atoms with Crippen LogP contribution in [0.3, 0.4) is 0 Å². The van der Waals surface area contributed by atoms with Crippen molar-refractivity contribution in [3.05, 3.63) is 39.7 Å². The number of hydrogen-bond donors (Lipinski definition) is 4. The zero-order valence-electron chi connectivity index (χ0n) is 21.5. The Bertz CT molecular complexity index is 1900. The van der Waals surface area contributed by atoms with E-state index in [0.717, 1.165) is 6.33 Å². The predicted octanol–water partition coefficient (Wildman–Crippen LogP) is 0.603. The maximum Gasteiger partial charge on any atom is 0.386 e. The lowest BCUT2D eigenvalue weighted by molar-refractivity contribution is -0.0555. The molecule has 43 heavy (non-hydrogen) atoms. The molecule has 2 bridgehead atoms. The van der Waals surface area contributed by atoms with Crippen LogP contribution >= 0.6 is 27.3 Å². The molecule has 0 radical (unpaired) electrons. The van der Waals surface area contributed by atoms with Crippen molar-refractivity contribution in [2.45, 2.75) is 49.5 Å². The lowest BCUT2D eigenvalue weighted by atomic mass is 10.1. The molecule has 9 atom stereocenters. The number of nitrogens with two attached hydrogens (primary N) is 1. The highest BCUT2D eigenvalue weighted by Crippen LogP contribution is 2.58. The van der Waals surface area contributed by atoms with Gasteiger partial charge in [0.15, 0.2) is 34.7 Å². The number of thiol groups is 1. The first kappa shape index (κ1) is 28.8. The van der Waals surface area contributed by atoms with Crippen molar-refractivity contribution in [1.29, 1.82) is 0 Å². The van der Waals surface area contributed by atoms with Crippen molar-refractivity contribution in [3.8, 4) is 0 Å². The van der Waals surface area contributed by atoms with Crippen LogP contribution in [0.1, 0.15) is 18.9 Å². The summed E-state index contributed by atoms with van der Waals surface area (Å²) in [6.45, 7) is -5.33. The van der Waals surface area contributed by atoms with Crippen molar-refractivity contribution >= 4 is 55.6 Å². The second-order valence-corrected chi connectivity index (χ2v) is 13.7. The standard InChI is InChI=1S/C20H22FN9O10P2S/c21-11-9-2-35-41(33)39-7-1-10(29-5-25-12-15(29)23-4-24-17(12)31)37-8(7)3-36-42(34,43)40-14(11)19(38-9)30-6-26-13-16(30)27-20(22)28-18(13)32/h4-11,14,19,41H,1-3H2,(H,34,43)(H,23,24,31)(H3,22,27,28,32)/t7-,8?,9+,10+,11+,14+,19+,42?/m0/s1. The zero-order valence-corrected chi connectivity index (χ0v) is 24.3. The normalized spacial score (nSPS) is 35.4. The fraction of sp³-hybridized carbons (Fsp3) is 0.500. The van der Waals surface area contributed by atoms with Crippen LogP contribution in [0.4, 0.5) is 10.3 Å². The summed E-state index contributed by atoms with van der Waals surface area (Å²) in [6, 6.07) is 0. The van der Waals surface area contributed by atoms with Crippen LogP contribution in [-0.2, 0) is 36.7 Å². The fourth-order valence-corrected chi connectivity index (χ4v) is 7.49. The lowest BCUT2D eigenvalue weighted by Gasteiger charge is -2.25. The van der Waals surface area contributed by atoms with Gasteiger partial charge in [0.1, 0.15) is 24.5 Å². The average Bonchev–Trinajstić information content (AvgIpc) is 3.72. The number of nitrogens with zero attached hydrogens (tertiary/aromatic N) is 6. The SMILES string of the molecule is Nc1nc2c(ncn2[C@@H]2O[C@@H]3CO[PH](=O)O[C@H]4C[C@H](n5cnc6c(=O)[nH]cnc65)OC4COP(=O)(S)O[C@@H]2[C@@H]3F)c(=O)[nH]1. The van der Waals surface area contributed by atoms with Crippen LogP contribution < -0.4 is 16.9 Å². The number of halogens is 1. The van der Waals surface area contributed by atoms with E-state index in [4.69, 9.17) is 33.3 Å². The second-order valence-electron chi connectivity index (χ2n) is 9.76. The molecule has 3 unspecified atom stereocenters. The lowest BCUT2D eigenvalue weighted by Crippen LogP contribution is -2.32. The molecule has 0 saturated carbocycles. The highest BCUT2D eigenvalue weighted by molar-refractivity contribution is 8.44. The van der Waals surface area contributed by atoms with Gasteiger partial charge < -0.3 is 29.2 Å². The summed E-state index contributed by atoms with van der Waals surface area (Å²) in [5.41, 5.74) is 4.71. The highest BCUT2D eigenvalue weighted by atomic mass is 32.7. The molecule has 0 amide bonds. The van der Waals surface area contributed by atoms with Crippen molar-refractivity contribution in [3.63, 3.8) is 0 Å². The van der Waals surface area contributed by atoms with Gasteiger partial charge in [-0.1, -0.05) is 12.2 Å². The Labute approximate surface area is 243 Å². The number of rotatable bonds is 2. The number of aromatic nitrogens is 8. The Kier molecular flexibility index (Phi) is 7.26. The number of imidazole rings is 2. The van der Waals surface area contributed by atoms with Gasteiger partial charge in [-0.25, -0.2) is 23.9 Å². The minimum absolute atomic E-state index is 0.0571. The average molecular weight is 661 g/mol. The molecule has 230 valence electrons. The van der Waals surface area contributed by atoms with Crippen molar-refractivity contribution in [2.24, 2.45) is 0 Å². The van der Waals surface area contributed by atoms with Crippen molar-refractivity contribution in [2.75, 3.05) is 18.9 Å². The minimum atomic E-state index is -4.34. The number of alkyl halides is 1. The first-order valence-electron chi connectivity index (χ1n) is 12.6. The summed E-state index contributed by atoms with van der Waals surface area (Å²) >= 11 is 4.04. The quantitative estimate of drug-likeness (QED) is 0.170. The van der Waals surface area contributed by atoms with Crippen LogP contribution in [0, 0.1) is 0 Å². The third kappa shape index (κ3) is 5.23. The monoisotopic (exact) mass is 661 g/mol. The molecule has 0 aromatic carbocycles. The topological polar surface area (TPSA) is 243 Å². The van der Waals surface area contributed by atoms with Crippen LogP contribution in [0.5, 0.6) is 0 Å². The fourth-order valence-electron chi connectivity index (χ4n) is 5.17. The summed E-state index contributed by atoms with van der Waals surface area (Å²) < 4.78 is 78.5. The summed E-state index contributed by atoms with van der Waals surface area (Å²) in [6.07, 6.45) is -5.27. The van der Waals surface area contributed by atoms with E-state index in [1.165, 1.54) is 21.8 Å². The van der Waals surface area contributed by atoms with E-state index < -0.39 is 82.4 Å². The van der Waals surface area contributed by atoms with E-state index in [9.17, 15) is 18.7 Å². The molecule has 0 spiro atoms. The van der Waals surface area contributed by atoms with Gasteiger partial charge in [-0.05, 0) is 0 Å². The number of nitrogens with one attached hydrogen (secondary N) is 2. The predicted molar refractivity (Wildman–Crippen MR) is 145 cm³/mol. The van der Waals surface area contributed by atoms with E-state index in [1.54, 1.807) is 0 Å². The summed E-state index contributed by atoms with van der Waals surface area (Å²) in [5, 5.41) is 0. The molecule has 4 aromatic rings. The maximum atomic E-state index is 15.7. The molecule has 3 fully saturated rings. The van der Waals surface area contributed by atoms with E-state index in [1.807, 2.05) is 0 Å². The molecule has 7 rings (SSSR count). The number of anilines is 1. The van der Waals surface area contributed by atoms with Gasteiger partial charge in [-0.3, -0.25) is 37.3 Å². The van der Waals surface area contributed by atoms with Gasteiger partial charge in [0.2, 0.25) is 5.95 Å². The van der Waals surface area contributed by atoms with Gasteiger partial charge in [0.25, 0.3) is 11.1 Å². The Morgan fingerprint density at radius 1 is 1.05 bits per heavy atom. The third-order valence-electron chi connectivity index (χ3n) is 7.11. The number of ether oxygens (including phenoxy) is 2. The van der Waals surface area contributed by atoms with Crippen LogP contribution in [0.25, 0.3) is 22.3 Å². The van der Waals surface area contributed by atoms with E-state index in [2.05, 4.69) is 42.2 Å². The second kappa shape index (κ2) is 10.9. The number of nitrogen functional groups attached to an aromatic ring is 1. The van der Waals surface area contributed by atoms with Gasteiger partial charge >= 0.3 is 15.1 Å². The molecular formula is C20H22FN9O10P2S. The van der Waals surface area contributed by atoms with Gasteiger partial charge in [0, 0.05) is 6.42 Å². The summed E-state index contributed by atoms with van der Waals surface area (Å²) in [7, 11) is -3.26. The van der Waals surface area contributed by atoms with E-state index >= 15 is 4.39 Å². The summed E-state index contributed by atoms with van der Waals surface area (Å²) in [4.78, 5) is 45.3. The molecule has 3 aliphatic rings. The number of H-pyrrole nitrogens is 2.